The first-order chi connectivity index (χ1) is 8.34. The van der Waals surface area contributed by atoms with E-state index in [0.717, 1.165) is 28.6 Å². The van der Waals surface area contributed by atoms with Gasteiger partial charge in [-0.15, -0.1) is 0 Å². The van der Waals surface area contributed by atoms with Crippen LogP contribution in [0.3, 0.4) is 0 Å². The predicted molar refractivity (Wildman–Crippen MR) is 70.3 cm³/mol. The minimum absolute atomic E-state index is 0.110. The molecule has 0 bridgehead atoms. The maximum atomic E-state index is 12.0. The topological polar surface area (TPSA) is 45.8 Å². The molecule has 17 heavy (non-hydrogen) atoms. The molecule has 2 heterocycles. The summed E-state index contributed by atoms with van der Waals surface area (Å²) in [5, 5.41) is 0. The Hall–Kier alpha value is -0.770. The maximum Gasteiger partial charge on any atom is 0.255 e. The van der Waals surface area contributed by atoms with Gasteiger partial charge in [0.25, 0.3) is 5.56 Å². The Kier molecular flexibility index (Phi) is 3.23. The maximum absolute atomic E-state index is 12.0. The molecular formula is C13H18N2OS. The van der Waals surface area contributed by atoms with E-state index in [-0.39, 0.29) is 5.56 Å². The second kappa shape index (κ2) is 4.84. The smallest absolute Gasteiger partial charge is 0.255 e. The van der Waals surface area contributed by atoms with E-state index in [1.54, 1.807) is 11.8 Å². The summed E-state index contributed by atoms with van der Waals surface area (Å²) in [5.74, 6) is 3.20. The van der Waals surface area contributed by atoms with Crippen molar-refractivity contribution >= 4 is 11.8 Å². The number of rotatable bonds is 1. The van der Waals surface area contributed by atoms with E-state index in [9.17, 15) is 4.79 Å². The summed E-state index contributed by atoms with van der Waals surface area (Å²) in [4.78, 5) is 19.7. The number of hydrogen-bond donors (Lipinski definition) is 1. The summed E-state index contributed by atoms with van der Waals surface area (Å²) in [6, 6.07) is 0. The van der Waals surface area contributed by atoms with Gasteiger partial charge >= 0.3 is 0 Å². The summed E-state index contributed by atoms with van der Waals surface area (Å²) < 4.78 is 0. The van der Waals surface area contributed by atoms with Crippen LogP contribution >= 0.6 is 11.8 Å². The van der Waals surface area contributed by atoms with Crippen molar-refractivity contribution < 1.29 is 0 Å². The first kappa shape index (κ1) is 11.3. The van der Waals surface area contributed by atoms with Crippen molar-refractivity contribution in [2.75, 3.05) is 0 Å². The second-order valence-electron chi connectivity index (χ2n) is 5.06. The average molecular weight is 250 g/mol. The average Bonchev–Trinajstić information content (AvgIpc) is 2.63. The zero-order valence-electron chi connectivity index (χ0n) is 10.00. The lowest BCUT2D eigenvalue weighted by Crippen LogP contribution is -2.19. The van der Waals surface area contributed by atoms with Gasteiger partial charge in [-0.3, -0.25) is 4.79 Å². The lowest BCUT2D eigenvalue weighted by atomic mass is 9.99. The molecule has 0 unspecified atom stereocenters. The van der Waals surface area contributed by atoms with Gasteiger partial charge in [-0.2, -0.15) is 11.8 Å². The van der Waals surface area contributed by atoms with E-state index in [2.05, 4.69) is 4.98 Å². The number of nitrogens with one attached hydrogen (secondary N) is 1. The molecular weight excluding hydrogens is 232 g/mol. The number of H-pyrrole nitrogens is 1. The van der Waals surface area contributed by atoms with Crippen molar-refractivity contribution in [2.45, 2.75) is 55.9 Å². The molecule has 0 saturated heterocycles. The van der Waals surface area contributed by atoms with Gasteiger partial charge in [-0.05, 0) is 12.8 Å². The Bertz CT molecular complexity index is 461. The molecule has 1 saturated carbocycles. The predicted octanol–water partition coefficient (Wildman–Crippen LogP) is 2.95. The molecule has 0 aromatic carbocycles. The van der Waals surface area contributed by atoms with E-state index in [4.69, 9.17) is 4.98 Å². The fourth-order valence-electron chi connectivity index (χ4n) is 2.83. The van der Waals surface area contributed by atoms with Crippen LogP contribution in [0.5, 0.6) is 0 Å². The standard InChI is InChI=1S/C13H18N2OS/c16-13-10-7-17-8-11(10)14-12(15-13)9-5-3-1-2-4-6-9/h9H,1-8H2,(H,14,15,16). The van der Waals surface area contributed by atoms with Crippen molar-refractivity contribution in [2.24, 2.45) is 0 Å². The van der Waals surface area contributed by atoms with Crippen molar-refractivity contribution in [3.05, 3.63) is 27.4 Å². The molecule has 3 rings (SSSR count). The quantitative estimate of drug-likeness (QED) is 0.779. The van der Waals surface area contributed by atoms with Crippen LogP contribution in [-0.2, 0) is 11.5 Å². The van der Waals surface area contributed by atoms with E-state index in [1.807, 2.05) is 0 Å². The van der Waals surface area contributed by atoms with Gasteiger partial charge in [0.2, 0.25) is 0 Å². The van der Waals surface area contributed by atoms with Crippen LogP contribution < -0.4 is 5.56 Å². The number of aromatic amines is 1. The Morgan fingerprint density at radius 2 is 1.88 bits per heavy atom. The van der Waals surface area contributed by atoms with E-state index in [0.29, 0.717) is 5.92 Å². The number of hydrogen-bond acceptors (Lipinski definition) is 3. The Morgan fingerprint density at radius 1 is 1.12 bits per heavy atom. The number of fused-ring (bicyclic) bond motifs is 1. The van der Waals surface area contributed by atoms with Gasteiger partial charge in [0, 0.05) is 23.0 Å². The third-order valence-corrected chi connectivity index (χ3v) is 4.82. The highest BCUT2D eigenvalue weighted by Crippen LogP contribution is 2.31. The lowest BCUT2D eigenvalue weighted by Gasteiger charge is -2.13. The fraction of sp³-hybridized carbons (Fsp3) is 0.692. The minimum Gasteiger partial charge on any atom is -0.310 e. The van der Waals surface area contributed by atoms with E-state index >= 15 is 0 Å². The highest BCUT2D eigenvalue weighted by molar-refractivity contribution is 7.98. The van der Waals surface area contributed by atoms with Gasteiger partial charge < -0.3 is 4.98 Å². The van der Waals surface area contributed by atoms with Crippen LogP contribution in [0.2, 0.25) is 0 Å². The molecule has 1 aromatic heterocycles. The minimum atomic E-state index is 0.110. The fourth-order valence-corrected chi connectivity index (χ4v) is 3.86. The van der Waals surface area contributed by atoms with Crippen molar-refractivity contribution in [3.63, 3.8) is 0 Å². The first-order valence-corrected chi connectivity index (χ1v) is 7.70. The second-order valence-corrected chi connectivity index (χ2v) is 6.04. The highest BCUT2D eigenvalue weighted by atomic mass is 32.2. The van der Waals surface area contributed by atoms with Gasteiger partial charge in [0.15, 0.2) is 0 Å². The van der Waals surface area contributed by atoms with Crippen molar-refractivity contribution in [3.8, 4) is 0 Å². The molecule has 92 valence electrons. The Balaban J connectivity index is 1.92. The summed E-state index contributed by atoms with van der Waals surface area (Å²) in [6.07, 6.45) is 7.60. The van der Waals surface area contributed by atoms with Crippen LogP contribution in [0.4, 0.5) is 0 Å². The largest absolute Gasteiger partial charge is 0.310 e. The van der Waals surface area contributed by atoms with Crippen LogP contribution in [0.1, 0.15) is 61.5 Å². The summed E-state index contributed by atoms with van der Waals surface area (Å²) in [5.41, 5.74) is 2.06. The van der Waals surface area contributed by atoms with Gasteiger partial charge in [-0.1, -0.05) is 25.7 Å². The molecule has 1 aromatic rings. The highest BCUT2D eigenvalue weighted by Gasteiger charge is 2.22. The van der Waals surface area contributed by atoms with Gasteiger partial charge in [-0.25, -0.2) is 4.98 Å². The summed E-state index contributed by atoms with van der Waals surface area (Å²) in [6.45, 7) is 0. The first-order valence-electron chi connectivity index (χ1n) is 6.54. The number of aromatic nitrogens is 2. The lowest BCUT2D eigenvalue weighted by molar-refractivity contribution is 0.556. The van der Waals surface area contributed by atoms with E-state index < -0.39 is 0 Å². The Morgan fingerprint density at radius 3 is 2.65 bits per heavy atom. The van der Waals surface area contributed by atoms with E-state index in [1.165, 1.54) is 38.5 Å². The van der Waals surface area contributed by atoms with Gasteiger partial charge in [0.1, 0.15) is 5.82 Å². The Labute approximate surface area is 105 Å². The molecule has 1 fully saturated rings. The summed E-state index contributed by atoms with van der Waals surface area (Å²) >= 11 is 1.79. The normalized spacial score (nSPS) is 21.2. The molecule has 0 atom stereocenters. The molecule has 3 nitrogen and oxygen atoms in total. The third kappa shape index (κ3) is 2.28. The zero-order valence-corrected chi connectivity index (χ0v) is 10.8. The van der Waals surface area contributed by atoms with Crippen LogP contribution in [0.25, 0.3) is 0 Å². The van der Waals surface area contributed by atoms with Crippen molar-refractivity contribution in [1.29, 1.82) is 0 Å². The van der Waals surface area contributed by atoms with Crippen LogP contribution in [0, 0.1) is 0 Å². The molecule has 4 heteroatoms. The SMILES string of the molecule is O=c1[nH]c(C2CCCCCC2)nc2c1CSC2. The molecule has 1 N–H and O–H groups in total. The molecule has 0 amide bonds. The van der Waals surface area contributed by atoms with Crippen molar-refractivity contribution in [1.82, 2.24) is 9.97 Å². The molecule has 0 radical (unpaired) electrons. The van der Waals surface area contributed by atoms with Crippen LogP contribution in [0.15, 0.2) is 4.79 Å². The molecule has 0 spiro atoms. The molecule has 1 aliphatic carbocycles. The summed E-state index contributed by atoms with van der Waals surface area (Å²) in [7, 11) is 0. The zero-order chi connectivity index (χ0) is 11.7. The number of nitrogens with zero attached hydrogens (tertiary/aromatic N) is 1. The molecule has 1 aliphatic heterocycles. The van der Waals surface area contributed by atoms with Gasteiger partial charge in [0.05, 0.1) is 5.69 Å². The third-order valence-electron chi connectivity index (χ3n) is 3.85. The van der Waals surface area contributed by atoms with Crippen LogP contribution in [-0.4, -0.2) is 9.97 Å². The monoisotopic (exact) mass is 250 g/mol. The number of thioether (sulfide) groups is 1. The molecule has 2 aliphatic rings.